The topological polar surface area (TPSA) is 210 Å². The first-order chi connectivity index (χ1) is 27.9. The minimum atomic E-state index is -4.68. The molecule has 0 aromatic rings. The minimum absolute atomic E-state index is 0.0601. The lowest BCUT2D eigenvalue weighted by molar-refractivity contribution is -0.161. The van der Waals surface area contributed by atoms with Gasteiger partial charge in [0, 0.05) is 25.2 Å². The molecular weight excluding hydrogens is 767 g/mol. The first kappa shape index (κ1) is 53.8. The standard InChI is InChI=1S/C44H77O13P/c1-3-5-7-8-9-10-11-12-13-14-15-16-17-18-24-28-44(51)57-38(35-56-58(52,53)55-33-37(47)32-45)34-54-43(50)27-23-20-19-22-26-39-40(42(49)31-41(39)48)30-29-36(46)25-21-6-4-2/h9-10,12-13,19,22,29-30,36-42,45-49H,3-8,11,14-18,20-21,23-28,31-35H2,1-2H3,(H,52,53)/b10-9-,13-12-,22-19+,30-29+/t36-,37-,38+,39+,40+,41-,42+/m0/s1. The van der Waals surface area contributed by atoms with Crippen molar-refractivity contribution in [2.45, 2.75) is 179 Å². The van der Waals surface area contributed by atoms with Gasteiger partial charge in [-0.15, -0.1) is 0 Å². The Kier molecular flexibility index (Phi) is 32.0. The Morgan fingerprint density at radius 1 is 0.724 bits per heavy atom. The van der Waals surface area contributed by atoms with Gasteiger partial charge >= 0.3 is 19.8 Å². The molecule has 0 spiro atoms. The largest absolute Gasteiger partial charge is 0.472 e. The zero-order valence-corrected chi connectivity index (χ0v) is 36.2. The van der Waals surface area contributed by atoms with Crippen molar-refractivity contribution in [1.29, 1.82) is 0 Å². The van der Waals surface area contributed by atoms with E-state index < -0.39 is 76.7 Å². The number of unbranched alkanes of at least 4 members (excludes halogenated alkanes) is 11. The highest BCUT2D eigenvalue weighted by molar-refractivity contribution is 7.47. The summed E-state index contributed by atoms with van der Waals surface area (Å²) in [4.78, 5) is 35.2. The zero-order chi connectivity index (χ0) is 42.9. The molecule has 14 heteroatoms. The fraction of sp³-hybridized carbons (Fsp3) is 0.773. The van der Waals surface area contributed by atoms with E-state index in [1.807, 2.05) is 18.2 Å². The Hall–Kier alpha value is -2.19. The van der Waals surface area contributed by atoms with Crippen molar-refractivity contribution in [3.05, 3.63) is 48.6 Å². The Labute approximate surface area is 348 Å². The SMILES string of the molecule is CCCCC/C=C\C/C=C\CCCCCCCC(=O)O[C@H](COC(=O)CCC/C=C/C[C@@H]1[C@@H](/C=C/[C@@H](O)CCCCC)[C@H](O)C[C@@H]1O)COP(=O)(O)OC[C@@H](O)CO. The number of rotatable bonds is 36. The molecule has 1 fully saturated rings. The number of phosphoric acid groups is 1. The Morgan fingerprint density at radius 2 is 1.33 bits per heavy atom. The third-order valence-corrected chi connectivity index (χ3v) is 11.0. The maximum Gasteiger partial charge on any atom is 0.472 e. The number of aliphatic hydroxyl groups is 5. The number of ether oxygens (including phenoxy) is 2. The van der Waals surface area contributed by atoms with Gasteiger partial charge in [-0.1, -0.05) is 114 Å². The van der Waals surface area contributed by atoms with Crippen LogP contribution in [0.2, 0.25) is 0 Å². The number of hydrogen-bond acceptors (Lipinski definition) is 12. The van der Waals surface area contributed by atoms with Crippen molar-refractivity contribution < 1.29 is 63.1 Å². The monoisotopic (exact) mass is 845 g/mol. The minimum Gasteiger partial charge on any atom is -0.462 e. The molecule has 8 atom stereocenters. The van der Waals surface area contributed by atoms with E-state index in [-0.39, 0.29) is 31.1 Å². The van der Waals surface area contributed by atoms with Gasteiger partial charge in [-0.2, -0.15) is 0 Å². The average Bonchev–Trinajstić information content (AvgIpc) is 3.47. The number of esters is 2. The molecule has 0 amide bonds. The highest BCUT2D eigenvalue weighted by atomic mass is 31.2. The van der Waals surface area contributed by atoms with Gasteiger partial charge in [0.05, 0.1) is 38.1 Å². The van der Waals surface area contributed by atoms with Crippen LogP contribution in [0.5, 0.6) is 0 Å². The predicted molar refractivity (Wildman–Crippen MR) is 226 cm³/mol. The van der Waals surface area contributed by atoms with E-state index in [1.165, 1.54) is 19.3 Å². The van der Waals surface area contributed by atoms with Gasteiger partial charge in [0.1, 0.15) is 12.7 Å². The van der Waals surface area contributed by atoms with Crippen LogP contribution in [0.3, 0.4) is 0 Å². The van der Waals surface area contributed by atoms with Crippen LogP contribution in [-0.4, -0.2) is 99.3 Å². The van der Waals surface area contributed by atoms with Gasteiger partial charge in [0.25, 0.3) is 0 Å². The van der Waals surface area contributed by atoms with Gasteiger partial charge in [0.2, 0.25) is 0 Å². The Bertz CT molecular complexity index is 1220. The van der Waals surface area contributed by atoms with Gasteiger partial charge < -0.3 is 39.9 Å². The second kappa shape index (κ2) is 34.5. The van der Waals surface area contributed by atoms with Crippen molar-refractivity contribution in [1.82, 2.24) is 0 Å². The van der Waals surface area contributed by atoms with Gasteiger partial charge in [-0.25, -0.2) is 4.57 Å². The molecule has 0 saturated heterocycles. The van der Waals surface area contributed by atoms with Crippen molar-refractivity contribution in [3.8, 4) is 0 Å². The van der Waals surface area contributed by atoms with Crippen LogP contribution in [0.1, 0.15) is 149 Å². The molecule has 13 nitrogen and oxygen atoms in total. The Morgan fingerprint density at radius 3 is 2.03 bits per heavy atom. The second-order valence-corrected chi connectivity index (χ2v) is 16.8. The van der Waals surface area contributed by atoms with Crippen LogP contribution >= 0.6 is 7.82 Å². The summed E-state index contributed by atoms with van der Waals surface area (Å²) in [5.74, 6) is -1.58. The maximum absolute atomic E-state index is 12.6. The first-order valence-electron chi connectivity index (χ1n) is 21.9. The van der Waals surface area contributed by atoms with Gasteiger partial charge in [-0.3, -0.25) is 18.6 Å². The highest BCUT2D eigenvalue weighted by Gasteiger charge is 2.39. The first-order valence-corrected chi connectivity index (χ1v) is 23.3. The Balaban J connectivity index is 2.49. The summed E-state index contributed by atoms with van der Waals surface area (Å²) < 4.78 is 32.7. The van der Waals surface area contributed by atoms with Crippen LogP contribution in [0.25, 0.3) is 0 Å². The third-order valence-electron chi connectivity index (χ3n) is 10.0. The van der Waals surface area contributed by atoms with E-state index in [0.717, 1.165) is 64.2 Å². The summed E-state index contributed by atoms with van der Waals surface area (Å²) in [7, 11) is -4.68. The molecule has 1 aliphatic carbocycles. The third kappa shape index (κ3) is 28.3. The molecule has 1 unspecified atom stereocenters. The van der Waals surface area contributed by atoms with Crippen LogP contribution in [-0.2, 0) is 32.7 Å². The van der Waals surface area contributed by atoms with E-state index >= 15 is 0 Å². The number of carbonyl (C=O) groups is 2. The molecule has 0 bridgehead atoms. The molecule has 0 radical (unpaired) electrons. The summed E-state index contributed by atoms with van der Waals surface area (Å²) in [5.41, 5.74) is 0. The molecule has 1 saturated carbocycles. The number of allylic oxidation sites excluding steroid dienone is 6. The van der Waals surface area contributed by atoms with E-state index in [0.29, 0.717) is 32.1 Å². The van der Waals surface area contributed by atoms with Crippen molar-refractivity contribution >= 4 is 19.8 Å². The summed E-state index contributed by atoms with van der Waals surface area (Å²) in [5, 5.41) is 49.6. The number of aliphatic hydroxyl groups excluding tert-OH is 5. The lowest BCUT2D eigenvalue weighted by Crippen LogP contribution is -2.29. The lowest BCUT2D eigenvalue weighted by atomic mass is 9.89. The summed E-state index contributed by atoms with van der Waals surface area (Å²) in [6.45, 7) is 1.95. The molecule has 58 heavy (non-hydrogen) atoms. The average molecular weight is 845 g/mol. The molecule has 0 aliphatic heterocycles. The van der Waals surface area contributed by atoms with E-state index in [2.05, 4.69) is 42.7 Å². The molecule has 336 valence electrons. The van der Waals surface area contributed by atoms with Gasteiger partial charge in [0.15, 0.2) is 6.10 Å². The summed E-state index contributed by atoms with van der Waals surface area (Å²) in [6.07, 6.45) is 28.8. The normalized spacial score (nSPS) is 21.3. The van der Waals surface area contributed by atoms with Crippen molar-refractivity contribution in [3.63, 3.8) is 0 Å². The predicted octanol–water partition coefficient (Wildman–Crippen LogP) is 7.71. The van der Waals surface area contributed by atoms with Crippen molar-refractivity contribution in [2.75, 3.05) is 26.4 Å². The molecule has 0 aromatic carbocycles. The second-order valence-electron chi connectivity index (χ2n) is 15.3. The summed E-state index contributed by atoms with van der Waals surface area (Å²) >= 11 is 0. The molecular formula is C44H77O13P. The van der Waals surface area contributed by atoms with Crippen LogP contribution in [0.4, 0.5) is 0 Å². The van der Waals surface area contributed by atoms with E-state index in [9.17, 15) is 39.5 Å². The van der Waals surface area contributed by atoms with Gasteiger partial charge in [-0.05, 0) is 70.1 Å². The fourth-order valence-electron chi connectivity index (χ4n) is 6.55. The lowest BCUT2D eigenvalue weighted by Gasteiger charge is -2.20. The summed E-state index contributed by atoms with van der Waals surface area (Å²) in [6, 6.07) is 0. The van der Waals surface area contributed by atoms with Crippen molar-refractivity contribution in [2.24, 2.45) is 11.8 Å². The zero-order valence-electron chi connectivity index (χ0n) is 35.3. The number of carbonyl (C=O) groups excluding carboxylic acids is 2. The molecule has 1 rings (SSSR count). The molecule has 1 aliphatic rings. The van der Waals surface area contributed by atoms with E-state index in [4.69, 9.17) is 19.1 Å². The number of hydrogen-bond donors (Lipinski definition) is 6. The van der Waals surface area contributed by atoms with Crippen LogP contribution in [0.15, 0.2) is 48.6 Å². The number of phosphoric ester groups is 1. The van der Waals surface area contributed by atoms with Crippen LogP contribution < -0.4 is 0 Å². The highest BCUT2D eigenvalue weighted by Crippen LogP contribution is 2.43. The van der Waals surface area contributed by atoms with Crippen LogP contribution in [0, 0.1) is 11.8 Å². The molecule has 0 heterocycles. The fourth-order valence-corrected chi connectivity index (χ4v) is 7.34. The molecule has 6 N–H and O–H groups in total. The smallest absolute Gasteiger partial charge is 0.462 e. The van der Waals surface area contributed by atoms with E-state index in [1.54, 1.807) is 6.08 Å². The quantitative estimate of drug-likeness (QED) is 0.0155. The molecule has 0 aromatic heterocycles. The maximum atomic E-state index is 12.6.